The maximum absolute atomic E-state index is 5.72. The number of unbranched alkanes of at least 4 members (excludes halogenated alkanes) is 1. The van der Waals surface area contributed by atoms with Crippen molar-refractivity contribution in [3.8, 4) is 0 Å². The molecule has 0 saturated heterocycles. The topological polar surface area (TPSA) is 21.3 Å². The van der Waals surface area contributed by atoms with Crippen molar-refractivity contribution in [3.63, 3.8) is 0 Å². The average Bonchev–Trinajstić information content (AvgIpc) is 2.74. The summed E-state index contributed by atoms with van der Waals surface area (Å²) >= 11 is 0. The molecule has 0 aromatic rings. The second-order valence-electron chi connectivity index (χ2n) is 5.53. The largest absolute Gasteiger partial charge is 0.381 e. The van der Waals surface area contributed by atoms with Gasteiger partial charge in [-0.15, -0.1) is 0 Å². The third-order valence-corrected chi connectivity index (χ3v) is 3.27. The van der Waals surface area contributed by atoms with Crippen LogP contribution in [0.4, 0.5) is 0 Å². The Hall–Kier alpha value is -0.0800. The highest BCUT2D eigenvalue weighted by atomic mass is 16.5. The Morgan fingerprint density at radius 3 is 2.62 bits per heavy atom. The zero-order valence-electron chi connectivity index (χ0n) is 11.1. The van der Waals surface area contributed by atoms with E-state index in [4.69, 9.17) is 4.74 Å². The molecule has 0 aromatic heterocycles. The molecule has 0 aromatic carbocycles. The lowest BCUT2D eigenvalue weighted by Gasteiger charge is -2.10. The minimum atomic E-state index is 0.763. The third-order valence-electron chi connectivity index (χ3n) is 3.27. The van der Waals surface area contributed by atoms with Gasteiger partial charge in [-0.1, -0.05) is 26.7 Å². The van der Waals surface area contributed by atoms with Gasteiger partial charge < -0.3 is 10.1 Å². The van der Waals surface area contributed by atoms with Crippen LogP contribution in [0.15, 0.2) is 0 Å². The zero-order chi connectivity index (χ0) is 11.6. The van der Waals surface area contributed by atoms with Crippen LogP contribution in [0.3, 0.4) is 0 Å². The molecule has 0 aliphatic heterocycles. The van der Waals surface area contributed by atoms with Crippen molar-refractivity contribution in [2.75, 3.05) is 26.3 Å². The lowest BCUT2D eigenvalue weighted by molar-refractivity contribution is 0.0982. The smallest absolute Gasteiger partial charge is 0.0494 e. The van der Waals surface area contributed by atoms with Crippen molar-refractivity contribution in [3.05, 3.63) is 0 Å². The van der Waals surface area contributed by atoms with Crippen molar-refractivity contribution in [2.45, 2.75) is 52.4 Å². The van der Waals surface area contributed by atoms with Gasteiger partial charge in [0.05, 0.1) is 0 Å². The minimum absolute atomic E-state index is 0.763. The molecule has 0 spiro atoms. The van der Waals surface area contributed by atoms with E-state index in [0.29, 0.717) is 0 Å². The lowest BCUT2D eigenvalue weighted by Crippen LogP contribution is -2.21. The molecular formula is C14H29NO. The Bertz CT molecular complexity index is 153. The summed E-state index contributed by atoms with van der Waals surface area (Å²) in [5.74, 6) is 1.64. The number of ether oxygens (including phenoxy) is 1. The van der Waals surface area contributed by atoms with Crippen LogP contribution in [0, 0.1) is 11.8 Å². The van der Waals surface area contributed by atoms with Gasteiger partial charge >= 0.3 is 0 Å². The van der Waals surface area contributed by atoms with Crippen LogP contribution in [0.1, 0.15) is 52.4 Å². The van der Waals surface area contributed by atoms with Gasteiger partial charge in [0, 0.05) is 13.2 Å². The molecule has 1 saturated carbocycles. The molecule has 1 N–H and O–H groups in total. The van der Waals surface area contributed by atoms with E-state index in [1.807, 2.05) is 0 Å². The van der Waals surface area contributed by atoms with E-state index in [0.717, 1.165) is 38.1 Å². The third kappa shape index (κ3) is 7.24. The maximum atomic E-state index is 5.72. The molecule has 1 fully saturated rings. The van der Waals surface area contributed by atoms with Crippen LogP contribution in [-0.2, 0) is 4.74 Å². The Labute approximate surface area is 101 Å². The van der Waals surface area contributed by atoms with Crippen LogP contribution in [0.2, 0.25) is 0 Å². The first-order valence-corrected chi connectivity index (χ1v) is 7.07. The molecule has 96 valence electrons. The predicted molar refractivity (Wildman–Crippen MR) is 69.7 cm³/mol. The number of nitrogens with one attached hydrogen (secondary N) is 1. The van der Waals surface area contributed by atoms with Gasteiger partial charge in [-0.2, -0.15) is 0 Å². The number of hydrogen-bond donors (Lipinski definition) is 1. The van der Waals surface area contributed by atoms with Crippen molar-refractivity contribution in [2.24, 2.45) is 11.8 Å². The molecule has 0 bridgehead atoms. The highest BCUT2D eigenvalue weighted by Crippen LogP contribution is 2.24. The van der Waals surface area contributed by atoms with Gasteiger partial charge in [0.25, 0.3) is 0 Å². The summed E-state index contributed by atoms with van der Waals surface area (Å²) < 4.78 is 5.72. The quantitative estimate of drug-likeness (QED) is 0.611. The van der Waals surface area contributed by atoms with Crippen LogP contribution in [0.25, 0.3) is 0 Å². The highest BCUT2D eigenvalue weighted by molar-refractivity contribution is 4.66. The van der Waals surface area contributed by atoms with E-state index in [1.54, 1.807) is 0 Å². The predicted octanol–water partition coefficient (Wildman–Crippen LogP) is 3.22. The van der Waals surface area contributed by atoms with Crippen LogP contribution >= 0.6 is 0 Å². The monoisotopic (exact) mass is 227 g/mol. The van der Waals surface area contributed by atoms with E-state index in [9.17, 15) is 0 Å². The average molecular weight is 227 g/mol. The first-order chi connectivity index (χ1) is 7.79. The van der Waals surface area contributed by atoms with E-state index >= 15 is 0 Å². The molecule has 0 amide bonds. The summed E-state index contributed by atoms with van der Waals surface area (Å²) in [6.07, 6.45) is 8.10. The lowest BCUT2D eigenvalue weighted by atomic mass is 10.1. The Kier molecular flexibility index (Phi) is 7.87. The van der Waals surface area contributed by atoms with E-state index < -0.39 is 0 Å². The van der Waals surface area contributed by atoms with E-state index in [2.05, 4.69) is 19.2 Å². The minimum Gasteiger partial charge on any atom is -0.381 e. The Balaban J connectivity index is 1.74. The molecule has 1 aliphatic rings. The fourth-order valence-corrected chi connectivity index (χ4v) is 2.27. The molecular weight excluding hydrogens is 198 g/mol. The van der Waals surface area contributed by atoms with Gasteiger partial charge in [0.15, 0.2) is 0 Å². The molecule has 0 unspecified atom stereocenters. The van der Waals surface area contributed by atoms with Gasteiger partial charge in [-0.05, 0) is 50.6 Å². The van der Waals surface area contributed by atoms with Gasteiger partial charge in [0.1, 0.15) is 0 Å². The van der Waals surface area contributed by atoms with Crippen molar-refractivity contribution in [1.29, 1.82) is 0 Å². The SMILES string of the molecule is CC(C)CNCCCCOCC1CCCC1. The Morgan fingerprint density at radius 2 is 1.94 bits per heavy atom. The summed E-state index contributed by atoms with van der Waals surface area (Å²) in [6.45, 7) is 8.75. The Morgan fingerprint density at radius 1 is 1.19 bits per heavy atom. The molecule has 1 rings (SSSR count). The van der Waals surface area contributed by atoms with Crippen LogP contribution < -0.4 is 5.32 Å². The zero-order valence-corrected chi connectivity index (χ0v) is 11.1. The van der Waals surface area contributed by atoms with Gasteiger partial charge in [0.2, 0.25) is 0 Å². The summed E-state index contributed by atoms with van der Waals surface area (Å²) in [6, 6.07) is 0. The molecule has 0 heterocycles. The summed E-state index contributed by atoms with van der Waals surface area (Å²) in [5.41, 5.74) is 0. The molecule has 1 aliphatic carbocycles. The van der Waals surface area contributed by atoms with E-state index in [-0.39, 0.29) is 0 Å². The molecule has 0 atom stereocenters. The highest BCUT2D eigenvalue weighted by Gasteiger charge is 2.14. The molecule has 0 radical (unpaired) electrons. The molecule has 2 heteroatoms. The standard InChI is InChI=1S/C14H29NO/c1-13(2)11-15-9-5-6-10-16-12-14-7-3-4-8-14/h13-15H,3-12H2,1-2H3. The number of rotatable bonds is 9. The fraction of sp³-hybridized carbons (Fsp3) is 1.00. The van der Waals surface area contributed by atoms with Crippen molar-refractivity contribution in [1.82, 2.24) is 5.32 Å². The first-order valence-electron chi connectivity index (χ1n) is 7.07. The van der Waals surface area contributed by atoms with Crippen LogP contribution in [0.5, 0.6) is 0 Å². The second kappa shape index (κ2) is 9.00. The van der Waals surface area contributed by atoms with Gasteiger partial charge in [-0.25, -0.2) is 0 Å². The maximum Gasteiger partial charge on any atom is 0.0494 e. The summed E-state index contributed by atoms with van der Waals surface area (Å²) in [4.78, 5) is 0. The van der Waals surface area contributed by atoms with E-state index in [1.165, 1.54) is 38.5 Å². The second-order valence-corrected chi connectivity index (χ2v) is 5.53. The molecule has 16 heavy (non-hydrogen) atoms. The van der Waals surface area contributed by atoms with Gasteiger partial charge in [-0.3, -0.25) is 0 Å². The normalized spacial score (nSPS) is 17.4. The fourth-order valence-electron chi connectivity index (χ4n) is 2.27. The first kappa shape index (κ1) is 14.0. The summed E-state index contributed by atoms with van der Waals surface area (Å²) in [7, 11) is 0. The van der Waals surface area contributed by atoms with Crippen LogP contribution in [-0.4, -0.2) is 26.3 Å². The van der Waals surface area contributed by atoms with Crippen molar-refractivity contribution >= 4 is 0 Å². The molecule has 2 nitrogen and oxygen atoms in total. The van der Waals surface area contributed by atoms with Crippen molar-refractivity contribution < 1.29 is 4.74 Å². The number of hydrogen-bond acceptors (Lipinski definition) is 2. The summed E-state index contributed by atoms with van der Waals surface area (Å²) in [5, 5.41) is 3.46.